The molecule has 0 saturated heterocycles. The molecule has 4 rings (SSSR count). The first-order valence-electron chi connectivity index (χ1n) is 7.16. The van der Waals surface area contributed by atoms with Gasteiger partial charge in [-0.1, -0.05) is 36.4 Å². The van der Waals surface area contributed by atoms with Crippen LogP contribution in [0.4, 0.5) is 0 Å². The zero-order valence-electron chi connectivity index (χ0n) is 11.6. The summed E-state index contributed by atoms with van der Waals surface area (Å²) in [5.41, 5.74) is 5.85. The second-order valence-electron chi connectivity index (χ2n) is 5.25. The number of fused-ring (bicyclic) bond motifs is 3. The number of rotatable bonds is 1. The van der Waals surface area contributed by atoms with Gasteiger partial charge in [0.15, 0.2) is 5.70 Å². The van der Waals surface area contributed by atoms with Crippen molar-refractivity contribution in [2.45, 2.75) is 6.42 Å². The Hall–Kier alpha value is -2.39. The normalized spacial score (nSPS) is 16.2. The average Bonchev–Trinajstić information content (AvgIpc) is 2.90. The van der Waals surface area contributed by atoms with Gasteiger partial charge in [0.1, 0.15) is 0 Å². The molecule has 0 aromatic heterocycles. The van der Waals surface area contributed by atoms with Crippen LogP contribution in [0.25, 0.3) is 11.1 Å². The van der Waals surface area contributed by atoms with E-state index in [-0.39, 0.29) is 0 Å². The quantitative estimate of drug-likeness (QED) is 0.388. The third kappa shape index (κ3) is 1.89. The minimum absolute atomic E-state index is 0.518. The van der Waals surface area contributed by atoms with Crippen molar-refractivity contribution in [1.29, 1.82) is 0 Å². The fourth-order valence-electron chi connectivity index (χ4n) is 3.06. The Morgan fingerprint density at radius 1 is 0.857 bits per heavy atom. The lowest BCUT2D eigenvalue weighted by Gasteiger charge is -2.15. The molecule has 1 heterocycles. The third-order valence-corrected chi connectivity index (χ3v) is 4.06. The van der Waals surface area contributed by atoms with Gasteiger partial charge >= 0.3 is 0 Å². The van der Waals surface area contributed by atoms with Crippen LogP contribution in [0.2, 0.25) is 0 Å². The molecule has 2 aromatic carbocycles. The van der Waals surface area contributed by atoms with Crippen LogP contribution in [0.15, 0.2) is 60.3 Å². The molecule has 2 aliphatic rings. The first-order valence-corrected chi connectivity index (χ1v) is 7.16. The van der Waals surface area contributed by atoms with E-state index in [1.165, 1.54) is 0 Å². The molecule has 104 valence electrons. The molecule has 3 nitrogen and oxygen atoms in total. The zero-order chi connectivity index (χ0) is 14.2. The van der Waals surface area contributed by atoms with E-state index in [1.54, 1.807) is 0 Å². The van der Waals surface area contributed by atoms with E-state index in [0.717, 1.165) is 38.4 Å². The molecule has 0 bridgehead atoms. The zero-order valence-corrected chi connectivity index (χ0v) is 11.6. The van der Waals surface area contributed by atoms with Crippen molar-refractivity contribution in [1.82, 2.24) is 0 Å². The predicted octanol–water partition coefficient (Wildman–Crippen LogP) is 3.32. The molecule has 0 amide bonds. The van der Waals surface area contributed by atoms with Crippen molar-refractivity contribution in [2.75, 3.05) is 13.2 Å². The number of nitrogens with zero attached hydrogens (tertiary/aromatic N) is 1. The number of hydrogen-bond donors (Lipinski definition) is 0. The molecule has 0 radical (unpaired) electrons. The van der Waals surface area contributed by atoms with Crippen LogP contribution < -0.4 is 0 Å². The summed E-state index contributed by atoms with van der Waals surface area (Å²) in [5.74, 6) is 0. The van der Waals surface area contributed by atoms with Gasteiger partial charge in [0.25, 0.3) is 0 Å². The van der Waals surface area contributed by atoms with E-state index in [4.69, 9.17) is 4.74 Å². The maximum absolute atomic E-state index is 12.9. The van der Waals surface area contributed by atoms with Crippen molar-refractivity contribution < 1.29 is 9.48 Å². The molecule has 2 aromatic rings. The van der Waals surface area contributed by atoms with Gasteiger partial charge in [0.2, 0.25) is 5.71 Å². The van der Waals surface area contributed by atoms with Crippen LogP contribution in [-0.4, -0.2) is 23.7 Å². The fourth-order valence-corrected chi connectivity index (χ4v) is 3.06. The summed E-state index contributed by atoms with van der Waals surface area (Å²) in [6.45, 7) is 1.13. The molecule has 21 heavy (non-hydrogen) atoms. The molecule has 3 heteroatoms. The number of hydrogen-bond acceptors (Lipinski definition) is 2. The number of hydroxylamine groups is 1. The third-order valence-electron chi connectivity index (χ3n) is 4.06. The maximum Gasteiger partial charge on any atom is 0.232 e. The van der Waals surface area contributed by atoms with E-state index in [1.807, 2.05) is 42.5 Å². The lowest BCUT2D eigenvalue weighted by Crippen LogP contribution is -2.19. The van der Waals surface area contributed by atoms with Gasteiger partial charge in [-0.2, -0.15) is 4.74 Å². The molecule has 1 aliphatic carbocycles. The summed E-state index contributed by atoms with van der Waals surface area (Å²) >= 11 is 0. The van der Waals surface area contributed by atoms with Crippen molar-refractivity contribution in [3.63, 3.8) is 0 Å². The highest BCUT2D eigenvalue weighted by Gasteiger charge is 2.31. The molecule has 0 spiro atoms. The van der Waals surface area contributed by atoms with Crippen molar-refractivity contribution in [2.24, 2.45) is 0 Å². The van der Waals surface area contributed by atoms with Crippen LogP contribution in [-0.2, 0) is 4.74 Å². The summed E-state index contributed by atoms with van der Waals surface area (Å²) in [6, 6.07) is 16.2. The summed E-state index contributed by atoms with van der Waals surface area (Å²) in [7, 11) is 0. The molecule has 1 aliphatic heterocycles. The first-order chi connectivity index (χ1) is 10.4. The van der Waals surface area contributed by atoms with Gasteiger partial charge in [-0.15, -0.1) is 0 Å². The van der Waals surface area contributed by atoms with E-state index in [2.05, 4.69) is 12.1 Å². The van der Waals surface area contributed by atoms with Crippen LogP contribution in [0.5, 0.6) is 0 Å². The first kappa shape index (κ1) is 12.4. The highest BCUT2D eigenvalue weighted by Crippen LogP contribution is 2.37. The second kappa shape index (κ2) is 4.86. The molecule has 0 saturated carbocycles. The minimum atomic E-state index is 0.518. The second-order valence-corrected chi connectivity index (χ2v) is 5.25. The van der Waals surface area contributed by atoms with Crippen LogP contribution in [0.3, 0.4) is 0 Å². The maximum atomic E-state index is 12.9. The minimum Gasteiger partial charge on any atom is -0.618 e. The Kier molecular flexibility index (Phi) is 2.86. The van der Waals surface area contributed by atoms with Crippen molar-refractivity contribution in [3.05, 3.63) is 76.6 Å². The average molecular weight is 277 g/mol. The Bertz CT molecular complexity index is 727. The lowest BCUT2D eigenvalue weighted by atomic mass is 10.1. The van der Waals surface area contributed by atoms with E-state index >= 15 is 0 Å². The summed E-state index contributed by atoms with van der Waals surface area (Å²) < 4.78 is 6.39. The monoisotopic (exact) mass is 277 g/mol. The van der Waals surface area contributed by atoms with Gasteiger partial charge in [0.05, 0.1) is 30.8 Å². The van der Waals surface area contributed by atoms with Crippen LogP contribution >= 0.6 is 0 Å². The highest BCUT2D eigenvalue weighted by molar-refractivity contribution is 6.22. The van der Waals surface area contributed by atoms with Gasteiger partial charge in [-0.3, -0.25) is 0 Å². The van der Waals surface area contributed by atoms with Crippen molar-refractivity contribution in [3.8, 4) is 11.1 Å². The Balaban J connectivity index is 1.98. The fraction of sp³-hybridized carbons (Fsp3) is 0.167. The Morgan fingerprint density at radius 3 is 1.95 bits per heavy atom. The van der Waals surface area contributed by atoms with Gasteiger partial charge in [0, 0.05) is 6.08 Å². The molecule has 0 N–H and O–H groups in total. The van der Waals surface area contributed by atoms with Crippen LogP contribution in [0.1, 0.15) is 17.5 Å². The molecule has 0 atom stereocenters. The van der Waals surface area contributed by atoms with E-state index in [9.17, 15) is 5.21 Å². The van der Waals surface area contributed by atoms with Crippen molar-refractivity contribution >= 4 is 5.71 Å². The summed E-state index contributed by atoms with van der Waals surface area (Å²) in [5, 5.41) is 12.9. The standard InChI is InChI=1S/C18H15NO2/c20-19(13-9-11-21-12-10-13)18-16-7-3-1-5-14(16)15-6-2-4-8-17(15)18/h1-9H,10-12H2. The molecular formula is C18H15NO2. The molecule has 0 unspecified atom stereocenters. The van der Waals surface area contributed by atoms with E-state index in [0.29, 0.717) is 19.6 Å². The summed E-state index contributed by atoms with van der Waals surface area (Å²) in [6.07, 6.45) is 2.55. The predicted molar refractivity (Wildman–Crippen MR) is 82.2 cm³/mol. The number of ether oxygens (including phenoxy) is 1. The molecular weight excluding hydrogens is 262 g/mol. The van der Waals surface area contributed by atoms with Gasteiger partial charge in [-0.25, -0.2) is 0 Å². The Labute approximate surface area is 123 Å². The molecule has 0 fully saturated rings. The van der Waals surface area contributed by atoms with Gasteiger partial charge in [-0.05, 0) is 23.3 Å². The summed E-state index contributed by atoms with van der Waals surface area (Å²) in [4.78, 5) is 0. The largest absolute Gasteiger partial charge is 0.618 e. The lowest BCUT2D eigenvalue weighted by molar-refractivity contribution is -0.405. The van der Waals surface area contributed by atoms with Crippen LogP contribution in [0, 0.1) is 5.21 Å². The van der Waals surface area contributed by atoms with E-state index < -0.39 is 0 Å². The van der Waals surface area contributed by atoms with Gasteiger partial charge < -0.3 is 9.94 Å². The topological polar surface area (TPSA) is 35.3 Å². The highest BCUT2D eigenvalue weighted by atomic mass is 16.5. The smallest absolute Gasteiger partial charge is 0.232 e. The SMILES string of the molecule is [O-][N+](C1=CCOCC1)=C1c2ccccc2-c2ccccc21. The Morgan fingerprint density at radius 2 is 1.43 bits per heavy atom. The number of benzene rings is 2.